The van der Waals surface area contributed by atoms with Crippen molar-refractivity contribution in [3.8, 4) is 17.0 Å². The molecule has 0 unspecified atom stereocenters. The molecular weight excluding hydrogens is 302 g/mol. The summed E-state index contributed by atoms with van der Waals surface area (Å²) in [5, 5.41) is 20.1. The number of imidazole rings is 1. The van der Waals surface area contributed by atoms with E-state index >= 15 is 0 Å². The highest BCUT2D eigenvalue weighted by molar-refractivity contribution is 5.88. The number of ether oxygens (including phenoxy) is 1. The molecule has 0 bridgehead atoms. The number of hydrogen-bond donors (Lipinski definition) is 1. The van der Waals surface area contributed by atoms with Gasteiger partial charge < -0.3 is 14.2 Å². The Morgan fingerprint density at radius 2 is 2.13 bits per heavy atom. The largest absolute Gasteiger partial charge is 0.490 e. The summed E-state index contributed by atoms with van der Waals surface area (Å²) in [5.41, 5.74) is 1.44. The van der Waals surface area contributed by atoms with Gasteiger partial charge in [0.1, 0.15) is 5.65 Å². The second-order valence-corrected chi connectivity index (χ2v) is 4.76. The van der Waals surface area contributed by atoms with Crippen molar-refractivity contribution in [2.75, 3.05) is 7.11 Å². The molecule has 0 aliphatic carbocycles. The first-order valence-electron chi connectivity index (χ1n) is 6.54. The number of nitro groups is 1. The van der Waals surface area contributed by atoms with E-state index in [0.717, 1.165) is 0 Å². The van der Waals surface area contributed by atoms with Gasteiger partial charge in [-0.3, -0.25) is 10.1 Å². The van der Waals surface area contributed by atoms with Crippen molar-refractivity contribution in [1.29, 1.82) is 0 Å². The maximum Gasteiger partial charge on any atom is 0.335 e. The standard InChI is InChI=1S/C15H11N3O5/c1-23-13-3-2-9(6-12(13)18(21)22)11-8-17-5-4-10(15(19)20)7-14(17)16-11/h2-8H,1H3,(H,19,20). The van der Waals surface area contributed by atoms with Gasteiger partial charge in [0.15, 0.2) is 5.75 Å². The minimum atomic E-state index is -1.04. The molecule has 8 heteroatoms. The lowest BCUT2D eigenvalue weighted by molar-refractivity contribution is -0.385. The molecule has 1 aromatic carbocycles. The summed E-state index contributed by atoms with van der Waals surface area (Å²) < 4.78 is 6.62. The van der Waals surface area contributed by atoms with Crippen LogP contribution in [0.15, 0.2) is 42.7 Å². The number of carboxylic acids is 1. The van der Waals surface area contributed by atoms with Crippen LogP contribution in [0.25, 0.3) is 16.9 Å². The molecule has 0 saturated heterocycles. The van der Waals surface area contributed by atoms with E-state index in [-0.39, 0.29) is 17.0 Å². The molecular formula is C15H11N3O5. The van der Waals surface area contributed by atoms with Gasteiger partial charge >= 0.3 is 11.7 Å². The van der Waals surface area contributed by atoms with E-state index in [2.05, 4.69) is 4.98 Å². The molecule has 0 aliphatic heterocycles. The van der Waals surface area contributed by atoms with E-state index in [9.17, 15) is 14.9 Å². The Bertz CT molecular complexity index is 932. The molecule has 0 saturated carbocycles. The summed E-state index contributed by atoms with van der Waals surface area (Å²) >= 11 is 0. The van der Waals surface area contributed by atoms with Crippen LogP contribution < -0.4 is 4.74 Å². The summed E-state index contributed by atoms with van der Waals surface area (Å²) in [6.07, 6.45) is 3.25. The second-order valence-electron chi connectivity index (χ2n) is 4.76. The number of carboxylic acid groups (broad SMARTS) is 1. The van der Waals surface area contributed by atoms with Crippen LogP contribution in [0, 0.1) is 10.1 Å². The first-order chi connectivity index (χ1) is 11.0. The van der Waals surface area contributed by atoms with Crippen LogP contribution >= 0.6 is 0 Å². The third-order valence-electron chi connectivity index (χ3n) is 3.38. The molecule has 0 fully saturated rings. The molecule has 2 aromatic heterocycles. The van der Waals surface area contributed by atoms with Gasteiger partial charge in [-0.15, -0.1) is 0 Å². The fraction of sp³-hybridized carbons (Fsp3) is 0.0667. The van der Waals surface area contributed by atoms with Crippen LogP contribution in [0.1, 0.15) is 10.4 Å². The van der Waals surface area contributed by atoms with E-state index in [1.54, 1.807) is 22.9 Å². The van der Waals surface area contributed by atoms with E-state index in [1.807, 2.05) is 0 Å². The van der Waals surface area contributed by atoms with E-state index in [4.69, 9.17) is 9.84 Å². The number of hydrogen-bond acceptors (Lipinski definition) is 5. The maximum atomic E-state index is 11.1. The fourth-order valence-corrected chi connectivity index (χ4v) is 2.25. The number of carbonyl (C=O) groups is 1. The zero-order chi connectivity index (χ0) is 16.6. The number of pyridine rings is 1. The summed E-state index contributed by atoms with van der Waals surface area (Å²) in [6, 6.07) is 7.42. The van der Waals surface area contributed by atoms with Gasteiger partial charge in [-0.2, -0.15) is 0 Å². The molecule has 0 spiro atoms. The Morgan fingerprint density at radius 3 is 2.78 bits per heavy atom. The lowest BCUT2D eigenvalue weighted by atomic mass is 10.1. The minimum Gasteiger partial charge on any atom is -0.490 e. The number of benzene rings is 1. The molecule has 23 heavy (non-hydrogen) atoms. The predicted molar refractivity (Wildman–Crippen MR) is 80.8 cm³/mol. The normalized spacial score (nSPS) is 10.7. The van der Waals surface area contributed by atoms with Gasteiger partial charge in [-0.05, 0) is 24.3 Å². The number of rotatable bonds is 4. The highest BCUT2D eigenvalue weighted by atomic mass is 16.6. The van der Waals surface area contributed by atoms with Crippen molar-refractivity contribution in [2.45, 2.75) is 0 Å². The molecule has 116 valence electrons. The number of nitrogens with zero attached hydrogens (tertiary/aromatic N) is 3. The molecule has 3 aromatic rings. The van der Waals surface area contributed by atoms with Crippen LogP contribution in [-0.2, 0) is 0 Å². The van der Waals surface area contributed by atoms with E-state index in [1.165, 1.54) is 31.4 Å². The van der Waals surface area contributed by atoms with E-state index in [0.29, 0.717) is 16.9 Å². The van der Waals surface area contributed by atoms with Crippen molar-refractivity contribution < 1.29 is 19.6 Å². The van der Waals surface area contributed by atoms with Gasteiger partial charge in [0.2, 0.25) is 0 Å². The Kier molecular flexibility index (Phi) is 3.41. The lowest BCUT2D eigenvalue weighted by Crippen LogP contribution is -1.96. The summed E-state index contributed by atoms with van der Waals surface area (Å²) in [5.74, 6) is -0.882. The molecule has 0 amide bonds. The molecule has 2 heterocycles. The molecule has 0 aliphatic rings. The third kappa shape index (κ3) is 2.57. The topological polar surface area (TPSA) is 107 Å². The molecule has 1 N–H and O–H groups in total. The van der Waals surface area contributed by atoms with Crippen LogP contribution in [0.3, 0.4) is 0 Å². The Balaban J connectivity index is 2.11. The Labute approximate surface area is 129 Å². The number of nitro benzene ring substituents is 1. The van der Waals surface area contributed by atoms with Crippen molar-refractivity contribution in [1.82, 2.24) is 9.38 Å². The van der Waals surface area contributed by atoms with Crippen molar-refractivity contribution in [3.05, 3.63) is 58.4 Å². The molecule has 3 rings (SSSR count). The highest BCUT2D eigenvalue weighted by Gasteiger charge is 2.17. The van der Waals surface area contributed by atoms with Gasteiger partial charge in [0.25, 0.3) is 0 Å². The van der Waals surface area contributed by atoms with Crippen LogP contribution in [-0.4, -0.2) is 32.5 Å². The highest BCUT2D eigenvalue weighted by Crippen LogP contribution is 2.31. The van der Waals surface area contributed by atoms with E-state index < -0.39 is 10.9 Å². The van der Waals surface area contributed by atoms with Crippen LogP contribution in [0.4, 0.5) is 5.69 Å². The summed E-state index contributed by atoms with van der Waals surface area (Å²) in [6.45, 7) is 0. The average Bonchev–Trinajstić information content (AvgIpc) is 2.97. The quantitative estimate of drug-likeness (QED) is 0.586. The average molecular weight is 313 g/mol. The molecule has 0 radical (unpaired) electrons. The summed E-state index contributed by atoms with van der Waals surface area (Å²) in [4.78, 5) is 25.9. The zero-order valence-corrected chi connectivity index (χ0v) is 12.0. The second kappa shape index (κ2) is 5.41. The summed E-state index contributed by atoms with van der Waals surface area (Å²) in [7, 11) is 1.36. The van der Waals surface area contributed by atoms with Crippen LogP contribution in [0.2, 0.25) is 0 Å². The Morgan fingerprint density at radius 1 is 1.35 bits per heavy atom. The number of aromatic carboxylic acids is 1. The number of methoxy groups -OCH3 is 1. The molecule has 8 nitrogen and oxygen atoms in total. The lowest BCUT2D eigenvalue weighted by Gasteiger charge is -2.02. The first-order valence-corrected chi connectivity index (χ1v) is 6.54. The Hall–Kier alpha value is -3.42. The molecule has 0 atom stereocenters. The number of fused-ring (bicyclic) bond motifs is 1. The van der Waals surface area contributed by atoms with Gasteiger partial charge in [-0.25, -0.2) is 9.78 Å². The van der Waals surface area contributed by atoms with Crippen molar-refractivity contribution >= 4 is 17.3 Å². The number of aromatic nitrogens is 2. The smallest absolute Gasteiger partial charge is 0.335 e. The fourth-order valence-electron chi connectivity index (χ4n) is 2.25. The predicted octanol–water partition coefficient (Wildman–Crippen LogP) is 2.62. The SMILES string of the molecule is COc1ccc(-c2cn3ccc(C(=O)O)cc3n2)cc1[N+](=O)[O-]. The van der Waals surface area contributed by atoms with Crippen molar-refractivity contribution in [3.63, 3.8) is 0 Å². The monoisotopic (exact) mass is 313 g/mol. The first kappa shape index (κ1) is 14.5. The van der Waals surface area contributed by atoms with Gasteiger partial charge in [0.05, 0.1) is 23.3 Å². The third-order valence-corrected chi connectivity index (χ3v) is 3.38. The van der Waals surface area contributed by atoms with Gasteiger partial charge in [0, 0.05) is 24.0 Å². The van der Waals surface area contributed by atoms with Crippen molar-refractivity contribution in [2.24, 2.45) is 0 Å². The zero-order valence-electron chi connectivity index (χ0n) is 12.0. The van der Waals surface area contributed by atoms with Crippen LogP contribution in [0.5, 0.6) is 5.75 Å². The maximum absolute atomic E-state index is 11.1. The minimum absolute atomic E-state index is 0.121. The van der Waals surface area contributed by atoms with Gasteiger partial charge in [-0.1, -0.05) is 0 Å².